The number of nitrogens with zero attached hydrogens (tertiary/aromatic N) is 2. The van der Waals surface area contributed by atoms with Gasteiger partial charge < -0.3 is 9.64 Å². The average Bonchev–Trinajstić information content (AvgIpc) is 3.04. The molecule has 1 aromatic carbocycles. The van der Waals surface area contributed by atoms with Gasteiger partial charge in [0.1, 0.15) is 5.75 Å². The van der Waals surface area contributed by atoms with Gasteiger partial charge in [-0.15, -0.1) is 0 Å². The Labute approximate surface area is 142 Å². The zero-order chi connectivity index (χ0) is 16.8. The zero-order valence-electron chi connectivity index (χ0n) is 14.3. The Morgan fingerprint density at radius 3 is 2.50 bits per heavy atom. The van der Waals surface area contributed by atoms with Gasteiger partial charge in [0, 0.05) is 31.0 Å². The summed E-state index contributed by atoms with van der Waals surface area (Å²) in [6, 6.07) is 8.55. The van der Waals surface area contributed by atoms with Crippen LogP contribution in [0.25, 0.3) is 0 Å². The lowest BCUT2D eigenvalue weighted by Crippen LogP contribution is -2.61. The molecule has 24 heavy (non-hydrogen) atoms. The second kappa shape index (κ2) is 5.88. The summed E-state index contributed by atoms with van der Waals surface area (Å²) in [5.41, 5.74) is 1.15. The van der Waals surface area contributed by atoms with Gasteiger partial charge in [-0.3, -0.25) is 14.5 Å². The highest BCUT2D eigenvalue weighted by atomic mass is 16.5. The molecule has 4 aliphatic heterocycles. The van der Waals surface area contributed by atoms with Crippen LogP contribution in [0.3, 0.4) is 0 Å². The van der Waals surface area contributed by atoms with E-state index in [0.717, 1.165) is 37.2 Å². The third-order valence-electron chi connectivity index (χ3n) is 6.09. The van der Waals surface area contributed by atoms with E-state index in [1.807, 2.05) is 23.1 Å². The minimum atomic E-state index is -0.356. The quantitative estimate of drug-likeness (QED) is 0.792. The predicted molar refractivity (Wildman–Crippen MR) is 90.0 cm³/mol. The number of carbonyl (C=O) groups is 2. The summed E-state index contributed by atoms with van der Waals surface area (Å²) >= 11 is 0. The number of methoxy groups -OCH3 is 1. The molecule has 1 aromatic rings. The average molecular weight is 328 g/mol. The van der Waals surface area contributed by atoms with Crippen LogP contribution < -0.4 is 4.74 Å². The van der Waals surface area contributed by atoms with Crippen molar-refractivity contribution in [3.8, 4) is 5.75 Å². The van der Waals surface area contributed by atoms with E-state index in [9.17, 15) is 9.59 Å². The number of para-hydroxylation sites is 1. The van der Waals surface area contributed by atoms with E-state index in [2.05, 4.69) is 11.0 Å². The van der Waals surface area contributed by atoms with E-state index >= 15 is 0 Å². The number of hydrogen-bond acceptors (Lipinski definition) is 4. The zero-order valence-corrected chi connectivity index (χ0v) is 14.3. The lowest BCUT2D eigenvalue weighted by Gasteiger charge is -2.51. The summed E-state index contributed by atoms with van der Waals surface area (Å²) < 4.78 is 5.57. The molecule has 5 rings (SSSR count). The standard InChI is InChI=1S/C19H24N2O3/c1-12(22)19(23)21-11-15(14-5-3-4-6-16(14)24-2)18-17(21)13-7-9-20(18)10-8-13/h3-6,13,15,17-18H,7-11H2,1-2H3/t15-,17-,18-/m1/s1. The summed E-state index contributed by atoms with van der Waals surface area (Å²) in [6.07, 6.45) is 2.25. The van der Waals surface area contributed by atoms with Crippen molar-refractivity contribution in [3.63, 3.8) is 0 Å². The number of amides is 1. The SMILES string of the molecule is COc1ccccc1[C@H]1CN(C(=O)C(C)=O)[C@@H]2C3CCN(CC3)[C@H]12. The maximum atomic E-state index is 12.5. The highest BCUT2D eigenvalue weighted by molar-refractivity contribution is 6.35. The molecule has 128 valence electrons. The Kier molecular flexibility index (Phi) is 3.83. The molecule has 1 amide bonds. The van der Waals surface area contributed by atoms with E-state index in [4.69, 9.17) is 4.74 Å². The largest absolute Gasteiger partial charge is 0.496 e. The Hall–Kier alpha value is -1.88. The minimum Gasteiger partial charge on any atom is -0.496 e. The minimum absolute atomic E-state index is 0.166. The first-order chi connectivity index (χ1) is 11.6. The number of piperidine rings is 3. The van der Waals surface area contributed by atoms with Crippen LogP contribution in [0.2, 0.25) is 0 Å². The molecule has 3 atom stereocenters. The lowest BCUT2D eigenvalue weighted by atomic mass is 9.75. The fourth-order valence-electron chi connectivity index (χ4n) is 5.10. The van der Waals surface area contributed by atoms with E-state index in [1.54, 1.807) is 7.11 Å². The lowest BCUT2D eigenvalue weighted by molar-refractivity contribution is -0.146. The van der Waals surface area contributed by atoms with Gasteiger partial charge in [0.15, 0.2) is 0 Å². The van der Waals surface area contributed by atoms with Crippen LogP contribution in [-0.2, 0) is 9.59 Å². The number of carbonyl (C=O) groups excluding carboxylic acids is 2. The van der Waals surface area contributed by atoms with Crippen LogP contribution in [0.4, 0.5) is 0 Å². The van der Waals surface area contributed by atoms with Gasteiger partial charge in [0.25, 0.3) is 5.91 Å². The van der Waals surface area contributed by atoms with Gasteiger partial charge in [0.2, 0.25) is 5.78 Å². The Balaban J connectivity index is 1.75. The van der Waals surface area contributed by atoms with Crippen LogP contribution in [-0.4, -0.2) is 60.3 Å². The third-order valence-corrected chi connectivity index (χ3v) is 6.09. The number of Topliss-reactive ketones (excluding diaryl/α,β-unsaturated/α-hetero) is 1. The first-order valence-corrected chi connectivity index (χ1v) is 8.80. The number of fused-ring (bicyclic) bond motifs is 2. The van der Waals surface area contributed by atoms with Crippen molar-refractivity contribution in [1.82, 2.24) is 9.80 Å². The van der Waals surface area contributed by atoms with Crippen molar-refractivity contribution in [2.75, 3.05) is 26.7 Å². The van der Waals surface area contributed by atoms with Crippen molar-refractivity contribution in [2.24, 2.45) is 5.92 Å². The Morgan fingerprint density at radius 1 is 1.12 bits per heavy atom. The maximum Gasteiger partial charge on any atom is 0.289 e. The molecule has 0 N–H and O–H groups in total. The van der Waals surface area contributed by atoms with Gasteiger partial charge >= 0.3 is 0 Å². The highest BCUT2D eigenvalue weighted by Crippen LogP contribution is 2.48. The van der Waals surface area contributed by atoms with Crippen LogP contribution in [0.15, 0.2) is 24.3 Å². The predicted octanol–water partition coefficient (Wildman–Crippen LogP) is 1.67. The molecule has 4 aliphatic rings. The first-order valence-electron chi connectivity index (χ1n) is 8.80. The Bertz CT molecular complexity index is 666. The van der Waals surface area contributed by atoms with Crippen molar-refractivity contribution >= 4 is 11.7 Å². The summed E-state index contributed by atoms with van der Waals surface area (Å²) in [4.78, 5) is 28.7. The van der Waals surface area contributed by atoms with Gasteiger partial charge in [-0.25, -0.2) is 0 Å². The van der Waals surface area contributed by atoms with Crippen molar-refractivity contribution in [3.05, 3.63) is 29.8 Å². The van der Waals surface area contributed by atoms with Crippen LogP contribution in [0.1, 0.15) is 31.2 Å². The van der Waals surface area contributed by atoms with Gasteiger partial charge in [-0.05, 0) is 37.9 Å². The number of ketones is 1. The first kappa shape index (κ1) is 15.6. The molecule has 0 radical (unpaired) electrons. The molecule has 4 fully saturated rings. The molecule has 4 heterocycles. The molecule has 0 aliphatic carbocycles. The normalized spacial score (nSPS) is 34.1. The molecule has 5 heteroatoms. The monoisotopic (exact) mass is 328 g/mol. The fraction of sp³-hybridized carbons (Fsp3) is 0.579. The second-order valence-corrected chi connectivity index (χ2v) is 7.22. The summed E-state index contributed by atoms with van der Waals surface area (Å²) in [5, 5.41) is 0. The number of likely N-dealkylation sites (tertiary alicyclic amines) is 1. The van der Waals surface area contributed by atoms with Crippen LogP contribution in [0, 0.1) is 5.92 Å². The van der Waals surface area contributed by atoms with Crippen molar-refractivity contribution < 1.29 is 14.3 Å². The molecule has 0 spiro atoms. The Morgan fingerprint density at radius 2 is 1.83 bits per heavy atom. The molecule has 2 bridgehead atoms. The van der Waals surface area contributed by atoms with Gasteiger partial charge in [-0.2, -0.15) is 0 Å². The fourth-order valence-corrected chi connectivity index (χ4v) is 5.10. The summed E-state index contributed by atoms with van der Waals surface area (Å²) in [7, 11) is 1.69. The molecular formula is C19H24N2O3. The maximum absolute atomic E-state index is 12.5. The molecule has 0 saturated carbocycles. The van der Waals surface area contributed by atoms with E-state index in [1.165, 1.54) is 6.92 Å². The van der Waals surface area contributed by atoms with Crippen LogP contribution >= 0.6 is 0 Å². The van der Waals surface area contributed by atoms with Crippen molar-refractivity contribution in [1.29, 1.82) is 0 Å². The molecule has 0 aromatic heterocycles. The summed E-state index contributed by atoms with van der Waals surface area (Å²) in [6.45, 7) is 4.19. The number of hydrogen-bond donors (Lipinski definition) is 0. The second-order valence-electron chi connectivity index (χ2n) is 7.22. The van der Waals surface area contributed by atoms with Gasteiger partial charge in [0.05, 0.1) is 13.2 Å². The van der Waals surface area contributed by atoms with E-state index in [-0.39, 0.29) is 23.7 Å². The highest BCUT2D eigenvalue weighted by Gasteiger charge is 2.55. The van der Waals surface area contributed by atoms with E-state index < -0.39 is 0 Å². The van der Waals surface area contributed by atoms with Crippen molar-refractivity contribution in [2.45, 2.75) is 37.8 Å². The van der Waals surface area contributed by atoms with Crippen LogP contribution in [0.5, 0.6) is 5.75 Å². The smallest absolute Gasteiger partial charge is 0.289 e. The molecule has 4 saturated heterocycles. The number of ether oxygens (including phenoxy) is 1. The van der Waals surface area contributed by atoms with E-state index in [0.29, 0.717) is 18.5 Å². The topological polar surface area (TPSA) is 49.9 Å². The number of benzene rings is 1. The molecular weight excluding hydrogens is 304 g/mol. The molecule has 5 nitrogen and oxygen atoms in total. The number of rotatable bonds is 3. The summed E-state index contributed by atoms with van der Waals surface area (Å²) in [5.74, 6) is 0.920. The third kappa shape index (κ3) is 2.25. The molecule has 0 unspecified atom stereocenters. The van der Waals surface area contributed by atoms with Gasteiger partial charge in [-0.1, -0.05) is 18.2 Å².